The molecule has 3 rings (SSSR count). The molecule has 1 aliphatic carbocycles. The number of aryl methyl sites for hydroxylation is 1. The van der Waals surface area contributed by atoms with E-state index < -0.39 is 13.9 Å². The summed E-state index contributed by atoms with van der Waals surface area (Å²) in [7, 11) is -1.40. The van der Waals surface area contributed by atoms with Gasteiger partial charge in [-0.1, -0.05) is 50.5 Å². The van der Waals surface area contributed by atoms with Crippen LogP contribution >= 0.6 is 0 Å². The van der Waals surface area contributed by atoms with Gasteiger partial charge in [-0.25, -0.2) is 0 Å². The smallest absolute Gasteiger partial charge is 0.191 e. The van der Waals surface area contributed by atoms with E-state index in [1.165, 1.54) is 24.0 Å². The first-order chi connectivity index (χ1) is 12.3. The SMILES string of the molecule is C=C(C)C1(CCC#CC(C2CCc3ccccc32)[Si](C)(C)C)OCCO1. The van der Waals surface area contributed by atoms with Crippen molar-refractivity contribution < 1.29 is 9.47 Å². The summed E-state index contributed by atoms with van der Waals surface area (Å²) in [6, 6.07) is 8.94. The molecule has 1 aliphatic heterocycles. The van der Waals surface area contributed by atoms with Crippen molar-refractivity contribution in [2.24, 2.45) is 0 Å². The zero-order valence-corrected chi connectivity index (χ0v) is 17.7. The molecule has 0 amide bonds. The lowest BCUT2D eigenvalue weighted by Gasteiger charge is -2.30. The minimum absolute atomic E-state index is 0.498. The Morgan fingerprint density at radius 2 is 1.96 bits per heavy atom. The topological polar surface area (TPSA) is 18.5 Å². The Labute approximate surface area is 160 Å². The summed E-state index contributed by atoms with van der Waals surface area (Å²) in [5.74, 6) is 7.17. The highest BCUT2D eigenvalue weighted by Crippen LogP contribution is 2.45. The van der Waals surface area contributed by atoms with E-state index >= 15 is 0 Å². The molecule has 1 heterocycles. The molecule has 0 N–H and O–H groups in total. The number of rotatable bonds is 5. The van der Waals surface area contributed by atoms with E-state index in [9.17, 15) is 0 Å². The molecule has 1 fully saturated rings. The van der Waals surface area contributed by atoms with E-state index in [-0.39, 0.29) is 0 Å². The molecule has 2 aliphatic rings. The van der Waals surface area contributed by atoms with Crippen LogP contribution in [0.2, 0.25) is 25.2 Å². The molecule has 1 saturated heterocycles. The zero-order chi connectivity index (χ0) is 18.8. The second-order valence-electron chi connectivity index (χ2n) is 8.74. The number of hydrogen-bond donors (Lipinski definition) is 0. The Morgan fingerprint density at radius 3 is 2.62 bits per heavy atom. The third-order valence-corrected chi connectivity index (χ3v) is 8.17. The lowest BCUT2D eigenvalue weighted by molar-refractivity contribution is -0.129. The van der Waals surface area contributed by atoms with Gasteiger partial charge in [0.1, 0.15) is 0 Å². The molecule has 140 valence electrons. The van der Waals surface area contributed by atoms with E-state index in [0.29, 0.717) is 24.7 Å². The third-order valence-electron chi connectivity index (χ3n) is 5.76. The second-order valence-corrected chi connectivity index (χ2v) is 14.1. The standard InChI is InChI=1S/C23H32O2Si/c1-18(2)23(24-16-17-25-23)15-9-8-12-22(26(3,4)5)21-14-13-19-10-6-7-11-20(19)21/h6-7,10-11,21-22H,1,9,13-17H2,2-5H3. The van der Waals surface area contributed by atoms with E-state index in [2.05, 4.69) is 62.3 Å². The van der Waals surface area contributed by atoms with Crippen molar-refractivity contribution in [1.82, 2.24) is 0 Å². The molecule has 3 heteroatoms. The van der Waals surface area contributed by atoms with Crippen LogP contribution in [0.5, 0.6) is 0 Å². The maximum atomic E-state index is 5.84. The van der Waals surface area contributed by atoms with Crippen molar-refractivity contribution in [3.63, 3.8) is 0 Å². The van der Waals surface area contributed by atoms with Gasteiger partial charge >= 0.3 is 0 Å². The maximum Gasteiger partial charge on any atom is 0.191 e. The van der Waals surface area contributed by atoms with Crippen LogP contribution in [0.4, 0.5) is 0 Å². The maximum absolute atomic E-state index is 5.84. The van der Waals surface area contributed by atoms with Crippen molar-refractivity contribution >= 4 is 8.07 Å². The Kier molecular flexibility index (Phi) is 5.77. The van der Waals surface area contributed by atoms with Gasteiger partial charge in [0.2, 0.25) is 0 Å². The fourth-order valence-corrected chi connectivity index (χ4v) is 6.41. The lowest BCUT2D eigenvalue weighted by Crippen LogP contribution is -2.31. The van der Waals surface area contributed by atoms with E-state index in [1.54, 1.807) is 0 Å². The first kappa shape index (κ1) is 19.4. The second kappa shape index (κ2) is 7.72. The van der Waals surface area contributed by atoms with Crippen molar-refractivity contribution in [1.29, 1.82) is 0 Å². The van der Waals surface area contributed by atoms with Crippen LogP contribution in [0.1, 0.15) is 43.2 Å². The summed E-state index contributed by atoms with van der Waals surface area (Å²) in [4.78, 5) is 0. The Hall–Kier alpha value is -1.34. The Morgan fingerprint density at radius 1 is 1.27 bits per heavy atom. The van der Waals surface area contributed by atoms with Crippen LogP contribution in [0, 0.1) is 11.8 Å². The minimum Gasteiger partial charge on any atom is -0.344 e. The molecule has 2 atom stereocenters. The van der Waals surface area contributed by atoms with Crippen molar-refractivity contribution in [3.05, 3.63) is 47.5 Å². The van der Waals surface area contributed by atoms with Crippen molar-refractivity contribution in [2.75, 3.05) is 13.2 Å². The van der Waals surface area contributed by atoms with Crippen LogP contribution < -0.4 is 0 Å². The number of hydrogen-bond acceptors (Lipinski definition) is 2. The van der Waals surface area contributed by atoms with Gasteiger partial charge in [0.05, 0.1) is 21.3 Å². The molecular formula is C23H32O2Si. The quantitative estimate of drug-likeness (QED) is 0.387. The molecule has 0 aromatic heterocycles. The summed E-state index contributed by atoms with van der Waals surface area (Å²) in [6.45, 7) is 14.7. The average Bonchev–Trinajstić information content (AvgIpc) is 3.21. The molecular weight excluding hydrogens is 336 g/mol. The number of fused-ring (bicyclic) bond motifs is 1. The van der Waals surface area contributed by atoms with Gasteiger partial charge in [0.25, 0.3) is 0 Å². The van der Waals surface area contributed by atoms with Crippen molar-refractivity contribution in [3.8, 4) is 11.8 Å². The Bertz CT molecular complexity index is 714. The summed E-state index contributed by atoms with van der Waals surface area (Å²) in [5, 5.41) is 0. The summed E-state index contributed by atoms with van der Waals surface area (Å²) >= 11 is 0. The van der Waals surface area contributed by atoms with Crippen LogP contribution in [-0.4, -0.2) is 27.1 Å². The molecule has 2 unspecified atom stereocenters. The fourth-order valence-electron chi connectivity index (χ4n) is 4.33. The van der Waals surface area contributed by atoms with Gasteiger partial charge in [-0.05, 0) is 42.4 Å². The highest BCUT2D eigenvalue weighted by Gasteiger charge is 2.38. The largest absolute Gasteiger partial charge is 0.344 e. The Balaban J connectivity index is 1.73. The first-order valence-corrected chi connectivity index (χ1v) is 13.4. The van der Waals surface area contributed by atoms with Crippen LogP contribution in [-0.2, 0) is 15.9 Å². The first-order valence-electron chi connectivity index (χ1n) is 9.83. The predicted molar refractivity (Wildman–Crippen MR) is 111 cm³/mol. The number of ether oxygens (including phenoxy) is 2. The molecule has 26 heavy (non-hydrogen) atoms. The summed E-state index contributed by atoms with van der Waals surface area (Å²) in [6.07, 6.45) is 4.01. The third kappa shape index (κ3) is 3.98. The molecule has 0 radical (unpaired) electrons. The van der Waals surface area contributed by atoms with E-state index in [0.717, 1.165) is 18.4 Å². The van der Waals surface area contributed by atoms with Gasteiger partial charge < -0.3 is 9.47 Å². The molecule has 2 nitrogen and oxygen atoms in total. The number of benzene rings is 1. The molecule has 1 aromatic carbocycles. The van der Waals surface area contributed by atoms with Gasteiger partial charge in [0, 0.05) is 18.4 Å². The van der Waals surface area contributed by atoms with Gasteiger partial charge in [-0.15, -0.1) is 11.8 Å². The molecule has 1 aromatic rings. The van der Waals surface area contributed by atoms with E-state index in [4.69, 9.17) is 9.47 Å². The monoisotopic (exact) mass is 368 g/mol. The van der Waals surface area contributed by atoms with Gasteiger partial charge in [-0.2, -0.15) is 0 Å². The normalized spacial score (nSPS) is 22.4. The fraction of sp³-hybridized carbons (Fsp3) is 0.565. The molecule has 0 spiro atoms. The highest BCUT2D eigenvalue weighted by atomic mass is 28.3. The van der Waals surface area contributed by atoms with Crippen LogP contribution in [0.3, 0.4) is 0 Å². The minimum atomic E-state index is -1.40. The zero-order valence-electron chi connectivity index (χ0n) is 16.7. The van der Waals surface area contributed by atoms with E-state index in [1.807, 2.05) is 6.92 Å². The van der Waals surface area contributed by atoms with Crippen molar-refractivity contribution in [2.45, 2.75) is 69.5 Å². The van der Waals surface area contributed by atoms with Crippen LogP contribution in [0.15, 0.2) is 36.4 Å². The summed E-state index contributed by atoms with van der Waals surface area (Å²) in [5.41, 5.74) is 4.51. The molecule has 0 saturated carbocycles. The van der Waals surface area contributed by atoms with Gasteiger partial charge in [0.15, 0.2) is 5.79 Å². The highest BCUT2D eigenvalue weighted by molar-refractivity contribution is 6.78. The predicted octanol–water partition coefficient (Wildman–Crippen LogP) is 5.53. The van der Waals surface area contributed by atoms with Crippen LogP contribution in [0.25, 0.3) is 0 Å². The summed E-state index contributed by atoms with van der Waals surface area (Å²) < 4.78 is 11.7. The average molecular weight is 369 g/mol. The molecule has 0 bridgehead atoms. The lowest BCUT2D eigenvalue weighted by atomic mass is 9.97. The van der Waals surface area contributed by atoms with Gasteiger partial charge in [-0.3, -0.25) is 0 Å².